The minimum Gasteiger partial charge on any atom is -0.389 e. The molecule has 4 heterocycles. The van der Waals surface area contributed by atoms with E-state index in [1.165, 1.54) is 6.92 Å². The predicted molar refractivity (Wildman–Crippen MR) is 123 cm³/mol. The zero-order chi connectivity index (χ0) is 22.9. The zero-order valence-corrected chi connectivity index (χ0v) is 18.5. The van der Waals surface area contributed by atoms with Crippen LogP contribution in [0.15, 0.2) is 61.4 Å². The average molecular weight is 444 g/mol. The van der Waals surface area contributed by atoms with Crippen LogP contribution in [0, 0.1) is 0 Å². The molecule has 9 nitrogen and oxygen atoms in total. The number of benzene rings is 1. The predicted octanol–water partition coefficient (Wildman–Crippen LogP) is 2.56. The summed E-state index contributed by atoms with van der Waals surface area (Å²) in [5.74, 6) is 0.626. The lowest BCUT2D eigenvalue weighted by atomic mass is 10.0. The van der Waals surface area contributed by atoms with Crippen LogP contribution in [0.3, 0.4) is 0 Å². The number of aromatic nitrogens is 6. The summed E-state index contributed by atoms with van der Waals surface area (Å²) in [5.41, 5.74) is 4.76. The second-order valence-corrected chi connectivity index (χ2v) is 8.38. The van der Waals surface area contributed by atoms with Gasteiger partial charge in [-0.2, -0.15) is 10.2 Å². The molecule has 3 aromatic heterocycles. The lowest BCUT2D eigenvalue weighted by Crippen LogP contribution is -2.46. The third kappa shape index (κ3) is 4.27. The van der Waals surface area contributed by atoms with Crippen LogP contribution in [0.1, 0.15) is 19.4 Å². The molecule has 1 fully saturated rings. The number of hydrogen-bond acceptors (Lipinski definition) is 6. The van der Waals surface area contributed by atoms with Gasteiger partial charge < -0.3 is 10.0 Å². The van der Waals surface area contributed by atoms with E-state index in [4.69, 9.17) is 0 Å². The number of piperidine rings is 1. The number of rotatable bonds is 4. The summed E-state index contributed by atoms with van der Waals surface area (Å²) in [5, 5.41) is 19.2. The molecule has 168 valence electrons. The first-order chi connectivity index (χ1) is 16.0. The van der Waals surface area contributed by atoms with Crippen molar-refractivity contribution in [2.45, 2.75) is 25.5 Å². The number of carbonyl (C=O) groups excluding carboxylic acids is 1. The number of β-amino-alcohol motifs (C(OH)–C–C–N with tert-alkyl or cyclic N) is 1. The van der Waals surface area contributed by atoms with Gasteiger partial charge in [0, 0.05) is 74.1 Å². The Morgan fingerprint density at radius 3 is 2.39 bits per heavy atom. The number of likely N-dealkylation sites (tertiary alicyclic amines) is 1. The lowest BCUT2D eigenvalue weighted by molar-refractivity contribution is -0.133. The van der Waals surface area contributed by atoms with Gasteiger partial charge in [0.25, 0.3) is 0 Å². The molecule has 0 saturated carbocycles. The van der Waals surface area contributed by atoms with Crippen molar-refractivity contribution >= 4 is 5.91 Å². The smallest absolute Gasteiger partial charge is 0.219 e. The number of amides is 1. The summed E-state index contributed by atoms with van der Waals surface area (Å²) in [4.78, 5) is 22.4. The van der Waals surface area contributed by atoms with E-state index in [0.717, 1.165) is 27.8 Å². The van der Waals surface area contributed by atoms with Gasteiger partial charge in [-0.3, -0.25) is 14.2 Å². The molecule has 0 aliphatic carbocycles. The van der Waals surface area contributed by atoms with Gasteiger partial charge in [0.2, 0.25) is 5.91 Å². The number of aryl methyl sites for hydroxylation is 1. The zero-order valence-electron chi connectivity index (χ0n) is 18.5. The SMILES string of the molecule is CC(=O)N1CCC(n2cc(-c3cnc(-c4cccc(-c5cnn(C)c5)c4)nc3)cn2)[C@H](O)C1. The maximum Gasteiger partial charge on any atom is 0.219 e. The van der Waals surface area contributed by atoms with Crippen LogP contribution >= 0.6 is 0 Å². The molecule has 1 aromatic carbocycles. The Kier molecular flexibility index (Phi) is 5.47. The molecule has 1 saturated heterocycles. The highest BCUT2D eigenvalue weighted by molar-refractivity contribution is 5.73. The second kappa shape index (κ2) is 8.59. The lowest BCUT2D eigenvalue weighted by Gasteiger charge is -2.35. The first-order valence-corrected chi connectivity index (χ1v) is 10.9. The number of aliphatic hydroxyl groups is 1. The molecule has 1 aliphatic rings. The Balaban J connectivity index is 1.33. The van der Waals surface area contributed by atoms with Crippen LogP contribution in [0.5, 0.6) is 0 Å². The minimum absolute atomic E-state index is 0.0168. The third-order valence-electron chi connectivity index (χ3n) is 6.08. The van der Waals surface area contributed by atoms with Gasteiger partial charge in [0.1, 0.15) is 0 Å². The highest BCUT2D eigenvalue weighted by atomic mass is 16.3. The topological polar surface area (TPSA) is 102 Å². The van der Waals surface area contributed by atoms with Gasteiger partial charge in [0.15, 0.2) is 5.82 Å². The Morgan fingerprint density at radius 1 is 0.970 bits per heavy atom. The first kappa shape index (κ1) is 21.0. The Hall–Kier alpha value is -3.85. The van der Waals surface area contributed by atoms with Crippen LogP contribution in [0.25, 0.3) is 33.6 Å². The Labute approximate surface area is 191 Å². The molecule has 1 aliphatic heterocycles. The average Bonchev–Trinajstić information content (AvgIpc) is 3.49. The third-order valence-corrected chi connectivity index (χ3v) is 6.08. The van der Waals surface area contributed by atoms with Crippen LogP contribution in [-0.4, -0.2) is 64.6 Å². The van der Waals surface area contributed by atoms with E-state index in [0.29, 0.717) is 25.3 Å². The van der Waals surface area contributed by atoms with Crippen molar-refractivity contribution in [1.29, 1.82) is 0 Å². The fourth-order valence-electron chi connectivity index (χ4n) is 4.22. The molecule has 1 unspecified atom stereocenters. The monoisotopic (exact) mass is 443 g/mol. The molecule has 2 atom stereocenters. The molecular weight excluding hydrogens is 418 g/mol. The van der Waals surface area contributed by atoms with Crippen LogP contribution in [-0.2, 0) is 11.8 Å². The maximum atomic E-state index is 11.6. The van der Waals surface area contributed by atoms with Gasteiger partial charge in [-0.25, -0.2) is 9.97 Å². The van der Waals surface area contributed by atoms with E-state index >= 15 is 0 Å². The Bertz CT molecular complexity index is 1280. The molecule has 1 N–H and O–H groups in total. The second-order valence-electron chi connectivity index (χ2n) is 8.38. The van der Waals surface area contributed by atoms with E-state index < -0.39 is 6.10 Å². The quantitative estimate of drug-likeness (QED) is 0.520. The number of hydrogen-bond donors (Lipinski definition) is 1. The summed E-state index contributed by atoms with van der Waals surface area (Å²) in [6.07, 6.45) is 11.0. The van der Waals surface area contributed by atoms with E-state index in [1.807, 2.05) is 43.8 Å². The van der Waals surface area contributed by atoms with Crippen LogP contribution in [0.4, 0.5) is 0 Å². The van der Waals surface area contributed by atoms with E-state index in [1.54, 1.807) is 32.9 Å². The van der Waals surface area contributed by atoms with Gasteiger partial charge >= 0.3 is 0 Å². The number of aliphatic hydroxyl groups excluding tert-OH is 1. The van der Waals surface area contributed by atoms with E-state index in [9.17, 15) is 9.90 Å². The molecule has 0 radical (unpaired) electrons. The molecule has 0 bridgehead atoms. The van der Waals surface area contributed by atoms with Gasteiger partial charge in [0.05, 0.1) is 24.5 Å². The van der Waals surface area contributed by atoms with Gasteiger partial charge in [-0.05, 0) is 18.1 Å². The van der Waals surface area contributed by atoms with Crippen LogP contribution in [0.2, 0.25) is 0 Å². The molecule has 0 spiro atoms. The maximum absolute atomic E-state index is 11.6. The number of carbonyl (C=O) groups is 1. The molecule has 9 heteroatoms. The highest BCUT2D eigenvalue weighted by Gasteiger charge is 2.30. The van der Waals surface area contributed by atoms with Crippen molar-refractivity contribution in [1.82, 2.24) is 34.4 Å². The molecule has 5 rings (SSSR count). The van der Waals surface area contributed by atoms with Gasteiger partial charge in [-0.1, -0.05) is 18.2 Å². The van der Waals surface area contributed by atoms with Crippen molar-refractivity contribution in [2.24, 2.45) is 7.05 Å². The minimum atomic E-state index is -0.652. The van der Waals surface area contributed by atoms with Crippen molar-refractivity contribution in [3.05, 3.63) is 61.4 Å². The molecule has 33 heavy (non-hydrogen) atoms. The normalized spacial score (nSPS) is 18.5. The standard InChI is InChI=1S/C24H25N7O2/c1-16(32)30-7-6-22(23(33)15-30)31-14-21(12-28-31)19-9-25-24(26-10-19)18-5-3-4-17(8-18)20-11-27-29(2)13-20/h3-5,8-14,22-23,33H,6-7,15H2,1-2H3/t22?,23-/m1/s1. The Morgan fingerprint density at radius 2 is 1.70 bits per heavy atom. The molecule has 1 amide bonds. The summed E-state index contributed by atoms with van der Waals surface area (Å²) < 4.78 is 3.56. The summed E-state index contributed by atoms with van der Waals surface area (Å²) in [7, 11) is 1.90. The molecular formula is C24H25N7O2. The highest BCUT2D eigenvalue weighted by Crippen LogP contribution is 2.27. The van der Waals surface area contributed by atoms with Crippen molar-refractivity contribution in [2.75, 3.05) is 13.1 Å². The van der Waals surface area contributed by atoms with Crippen LogP contribution < -0.4 is 0 Å². The fourth-order valence-corrected chi connectivity index (χ4v) is 4.22. The first-order valence-electron chi connectivity index (χ1n) is 10.9. The van der Waals surface area contributed by atoms with Crippen molar-refractivity contribution in [3.63, 3.8) is 0 Å². The van der Waals surface area contributed by atoms with Crippen molar-refractivity contribution < 1.29 is 9.90 Å². The largest absolute Gasteiger partial charge is 0.389 e. The number of nitrogens with zero attached hydrogens (tertiary/aromatic N) is 7. The van der Waals surface area contributed by atoms with E-state index in [2.05, 4.69) is 26.2 Å². The van der Waals surface area contributed by atoms with Gasteiger partial charge in [-0.15, -0.1) is 0 Å². The fraction of sp³-hybridized carbons (Fsp3) is 0.292. The van der Waals surface area contributed by atoms with E-state index in [-0.39, 0.29) is 11.9 Å². The molecule has 4 aromatic rings. The summed E-state index contributed by atoms with van der Waals surface area (Å²) in [6, 6.07) is 7.91. The summed E-state index contributed by atoms with van der Waals surface area (Å²) >= 11 is 0. The van der Waals surface area contributed by atoms with Crippen molar-refractivity contribution in [3.8, 4) is 33.6 Å². The summed E-state index contributed by atoms with van der Waals surface area (Å²) in [6.45, 7) is 2.46.